The van der Waals surface area contributed by atoms with Gasteiger partial charge in [-0.05, 0) is 51.8 Å². The molecule has 0 unspecified atom stereocenters. The van der Waals surface area contributed by atoms with Gasteiger partial charge in [0.1, 0.15) is 22.9 Å². The van der Waals surface area contributed by atoms with Crippen molar-refractivity contribution in [2.45, 2.75) is 45.3 Å². The highest BCUT2D eigenvalue weighted by molar-refractivity contribution is 6.04. The van der Waals surface area contributed by atoms with Gasteiger partial charge in [-0.2, -0.15) is 0 Å². The Balaban J connectivity index is 1.62. The number of hydrogen-bond donors (Lipinski definition) is 3. The number of carbonyl (C=O) groups excluding carboxylic acids is 2. The summed E-state index contributed by atoms with van der Waals surface area (Å²) in [5, 5.41) is 12.4. The number of pyridine rings is 1. The van der Waals surface area contributed by atoms with Gasteiger partial charge in [0.05, 0.1) is 6.04 Å². The number of likely N-dealkylation sites (tertiary alicyclic amines) is 1. The number of imidazole rings is 1. The molecule has 0 aliphatic carbocycles. The zero-order valence-electron chi connectivity index (χ0n) is 20.6. The standard InChI is InChI=1S/C25H27FN6O5/c1-25(2,3)37-24(36)31-12-4-5-17(31)21-30-19(20(23(34)35)32(21)27)14-6-8-15(9-7-14)22(33)29-18-13-16(26)10-11-28-18/h6-11,13,17H,4-5,12,27H2,1-3H3,(H,34,35)(H,28,29,33)/t17-/m0/s1. The molecule has 1 aliphatic rings. The summed E-state index contributed by atoms with van der Waals surface area (Å²) in [6, 6.07) is 7.72. The first kappa shape index (κ1) is 25.6. The first-order valence-corrected chi connectivity index (χ1v) is 11.6. The third-order valence-corrected chi connectivity index (χ3v) is 5.70. The summed E-state index contributed by atoms with van der Waals surface area (Å²) in [7, 11) is 0. The molecule has 0 bridgehead atoms. The quantitative estimate of drug-likeness (QED) is 0.438. The predicted molar refractivity (Wildman–Crippen MR) is 132 cm³/mol. The lowest BCUT2D eigenvalue weighted by Crippen LogP contribution is -2.37. The van der Waals surface area contributed by atoms with Crippen molar-refractivity contribution in [3.8, 4) is 11.3 Å². The van der Waals surface area contributed by atoms with Crippen LogP contribution in [0.2, 0.25) is 0 Å². The third kappa shape index (κ3) is 5.52. The SMILES string of the molecule is CC(C)(C)OC(=O)N1CCC[C@H]1c1nc(-c2ccc(C(=O)Nc3cc(F)ccn3)cc2)c(C(=O)O)n1N. The average Bonchev–Trinajstić information content (AvgIpc) is 3.42. The fraction of sp³-hybridized carbons (Fsp3) is 0.320. The van der Waals surface area contributed by atoms with Crippen LogP contribution in [0.5, 0.6) is 0 Å². The molecule has 194 valence electrons. The minimum absolute atomic E-state index is 0.0554. The van der Waals surface area contributed by atoms with Crippen molar-refractivity contribution < 1.29 is 28.6 Å². The zero-order chi connectivity index (χ0) is 26.9. The maximum absolute atomic E-state index is 13.4. The van der Waals surface area contributed by atoms with Crippen molar-refractivity contribution in [3.63, 3.8) is 0 Å². The van der Waals surface area contributed by atoms with E-state index in [9.17, 15) is 23.9 Å². The van der Waals surface area contributed by atoms with Gasteiger partial charge in [-0.1, -0.05) is 12.1 Å². The molecule has 0 radical (unpaired) electrons. The van der Waals surface area contributed by atoms with Gasteiger partial charge >= 0.3 is 12.1 Å². The Kier molecular flexibility index (Phi) is 6.84. The van der Waals surface area contributed by atoms with Crippen LogP contribution in [-0.2, 0) is 4.74 Å². The number of amides is 2. The Morgan fingerprint density at radius 1 is 1.19 bits per heavy atom. The van der Waals surface area contributed by atoms with Crippen molar-refractivity contribution in [2.24, 2.45) is 0 Å². The number of aromatic carboxylic acids is 1. The maximum atomic E-state index is 13.4. The number of carboxylic acid groups (broad SMARTS) is 1. The smallest absolute Gasteiger partial charge is 0.410 e. The maximum Gasteiger partial charge on any atom is 0.410 e. The second-order valence-electron chi connectivity index (χ2n) is 9.56. The molecule has 3 aromatic rings. The number of nitrogens with one attached hydrogen (secondary N) is 1. The van der Waals surface area contributed by atoms with E-state index in [1.807, 2.05) is 0 Å². The van der Waals surface area contributed by atoms with Crippen molar-refractivity contribution in [2.75, 3.05) is 17.7 Å². The van der Waals surface area contributed by atoms with Crippen molar-refractivity contribution in [3.05, 3.63) is 65.5 Å². The van der Waals surface area contributed by atoms with Crippen molar-refractivity contribution in [1.82, 2.24) is 19.5 Å². The summed E-state index contributed by atoms with van der Waals surface area (Å²) in [5.41, 5.74) is -0.207. The van der Waals surface area contributed by atoms with E-state index in [-0.39, 0.29) is 28.6 Å². The van der Waals surface area contributed by atoms with E-state index in [0.717, 1.165) is 16.8 Å². The molecule has 37 heavy (non-hydrogen) atoms. The summed E-state index contributed by atoms with van der Waals surface area (Å²) in [5.74, 6) is 4.10. The fourth-order valence-electron chi connectivity index (χ4n) is 4.11. The lowest BCUT2D eigenvalue weighted by atomic mass is 10.1. The summed E-state index contributed by atoms with van der Waals surface area (Å²) in [4.78, 5) is 47.3. The van der Waals surface area contributed by atoms with Gasteiger partial charge in [-0.25, -0.2) is 28.6 Å². The van der Waals surface area contributed by atoms with Gasteiger partial charge in [0.2, 0.25) is 0 Å². The summed E-state index contributed by atoms with van der Waals surface area (Å²) in [6.45, 7) is 5.71. The number of halogens is 1. The number of benzene rings is 1. The van der Waals surface area contributed by atoms with E-state index >= 15 is 0 Å². The number of ether oxygens (including phenoxy) is 1. The van der Waals surface area contributed by atoms with Crippen molar-refractivity contribution in [1.29, 1.82) is 0 Å². The number of nitrogen functional groups attached to an aromatic ring is 1. The van der Waals surface area contributed by atoms with Gasteiger partial charge in [-0.15, -0.1) is 0 Å². The van der Waals surface area contributed by atoms with Crippen LogP contribution in [-0.4, -0.2) is 54.8 Å². The highest BCUT2D eigenvalue weighted by atomic mass is 19.1. The zero-order valence-corrected chi connectivity index (χ0v) is 20.6. The largest absolute Gasteiger partial charge is 0.476 e. The van der Waals surface area contributed by atoms with Crippen molar-refractivity contribution >= 4 is 23.8 Å². The Labute approximate surface area is 212 Å². The lowest BCUT2D eigenvalue weighted by molar-refractivity contribution is 0.0217. The fourth-order valence-corrected chi connectivity index (χ4v) is 4.11. The summed E-state index contributed by atoms with van der Waals surface area (Å²) >= 11 is 0. The number of nitrogens with two attached hydrogens (primary N) is 1. The van der Waals surface area contributed by atoms with Crippen LogP contribution in [0.4, 0.5) is 15.0 Å². The molecule has 11 nitrogen and oxygen atoms in total. The van der Waals surface area contributed by atoms with Gasteiger partial charge in [-0.3, -0.25) is 9.69 Å². The number of carbonyl (C=O) groups is 3. The van der Waals surface area contributed by atoms with Gasteiger partial charge in [0, 0.05) is 29.9 Å². The molecule has 1 fully saturated rings. The van der Waals surface area contributed by atoms with E-state index in [1.165, 1.54) is 35.4 Å². The highest BCUT2D eigenvalue weighted by Crippen LogP contribution is 2.35. The van der Waals surface area contributed by atoms with Gasteiger partial charge < -0.3 is 21.0 Å². The van der Waals surface area contributed by atoms with E-state index < -0.39 is 35.4 Å². The van der Waals surface area contributed by atoms with Gasteiger partial charge in [0.25, 0.3) is 5.91 Å². The molecule has 1 aromatic carbocycles. The van der Waals surface area contributed by atoms with E-state index in [0.29, 0.717) is 24.9 Å². The second kappa shape index (κ2) is 9.88. The normalized spacial score (nSPS) is 15.5. The second-order valence-corrected chi connectivity index (χ2v) is 9.56. The number of anilines is 1. The van der Waals surface area contributed by atoms with E-state index in [1.54, 1.807) is 20.8 Å². The molecule has 0 spiro atoms. The molecular formula is C25H27FN6O5. The molecule has 3 heterocycles. The number of rotatable bonds is 5. The molecule has 1 saturated heterocycles. The topological polar surface area (TPSA) is 153 Å². The molecule has 1 aliphatic heterocycles. The Bertz CT molecular complexity index is 1350. The van der Waals surface area contributed by atoms with Crippen LogP contribution in [0, 0.1) is 5.82 Å². The number of hydrogen-bond acceptors (Lipinski definition) is 7. The Morgan fingerprint density at radius 3 is 2.51 bits per heavy atom. The summed E-state index contributed by atoms with van der Waals surface area (Å²) in [6.07, 6.45) is 1.92. The predicted octanol–water partition coefficient (Wildman–Crippen LogP) is 3.82. The first-order valence-electron chi connectivity index (χ1n) is 11.6. The molecule has 12 heteroatoms. The molecule has 4 N–H and O–H groups in total. The van der Waals surface area contributed by atoms with E-state index in [2.05, 4.69) is 15.3 Å². The first-order chi connectivity index (χ1) is 17.4. The number of carboxylic acids is 1. The average molecular weight is 511 g/mol. The molecule has 1 atom stereocenters. The minimum atomic E-state index is -1.29. The van der Waals surface area contributed by atoms with Crippen LogP contribution < -0.4 is 11.2 Å². The lowest BCUT2D eigenvalue weighted by Gasteiger charge is -2.28. The van der Waals surface area contributed by atoms with Crippen LogP contribution in [0.3, 0.4) is 0 Å². The van der Waals surface area contributed by atoms with Gasteiger partial charge in [0.15, 0.2) is 11.5 Å². The summed E-state index contributed by atoms with van der Waals surface area (Å²) < 4.78 is 19.8. The number of nitrogens with zero attached hydrogens (tertiary/aromatic N) is 4. The molecule has 2 aromatic heterocycles. The Morgan fingerprint density at radius 2 is 1.89 bits per heavy atom. The monoisotopic (exact) mass is 510 g/mol. The Hall–Kier alpha value is -4.48. The van der Waals surface area contributed by atoms with E-state index in [4.69, 9.17) is 10.6 Å². The van der Waals surface area contributed by atoms with Crippen LogP contribution in [0.25, 0.3) is 11.3 Å². The van der Waals surface area contributed by atoms with Crippen LogP contribution in [0.15, 0.2) is 42.6 Å². The highest BCUT2D eigenvalue weighted by Gasteiger charge is 2.37. The number of aromatic nitrogens is 3. The van der Waals surface area contributed by atoms with Crippen LogP contribution >= 0.6 is 0 Å². The molecule has 0 saturated carbocycles. The third-order valence-electron chi connectivity index (χ3n) is 5.70. The minimum Gasteiger partial charge on any atom is -0.476 e. The molecular weight excluding hydrogens is 483 g/mol. The molecule has 2 amide bonds. The molecule has 4 rings (SSSR count). The van der Waals surface area contributed by atoms with Crippen LogP contribution in [0.1, 0.15) is 66.3 Å².